The lowest BCUT2D eigenvalue weighted by atomic mass is 10.0. The number of ether oxygens (including phenoxy) is 6. The molecule has 57 heavy (non-hydrogen) atoms. The summed E-state index contributed by atoms with van der Waals surface area (Å²) in [7, 11) is 1.51. The molecule has 316 valence electrons. The van der Waals surface area contributed by atoms with Crippen molar-refractivity contribution < 1.29 is 62.6 Å². The molecular formula is C36H52ClN7O13. The molecule has 20 nitrogen and oxygen atoms in total. The highest BCUT2D eigenvalue weighted by atomic mass is 35.5. The molecule has 0 saturated carbocycles. The lowest BCUT2D eigenvalue weighted by Crippen LogP contribution is -2.43. The lowest BCUT2D eigenvalue weighted by molar-refractivity contribution is -0.139. The van der Waals surface area contributed by atoms with Crippen LogP contribution in [0, 0.1) is 5.41 Å². The number of benzene rings is 1. The van der Waals surface area contributed by atoms with E-state index in [0.29, 0.717) is 25.4 Å². The number of halogens is 1. The van der Waals surface area contributed by atoms with Crippen LogP contribution in [0.3, 0.4) is 0 Å². The molecule has 0 aliphatic heterocycles. The first-order chi connectivity index (χ1) is 27.3. The van der Waals surface area contributed by atoms with E-state index in [1.54, 1.807) is 0 Å². The largest absolute Gasteiger partial charge is 0.491 e. The number of rotatable bonds is 30. The van der Waals surface area contributed by atoms with Gasteiger partial charge in [-0.2, -0.15) is 0 Å². The van der Waals surface area contributed by atoms with Gasteiger partial charge in [0, 0.05) is 12.8 Å². The van der Waals surface area contributed by atoms with Gasteiger partial charge in [0.15, 0.2) is 28.3 Å². The van der Waals surface area contributed by atoms with Crippen LogP contribution in [0.1, 0.15) is 67.4 Å². The number of carbonyl (C=O) groups is 5. The minimum Gasteiger partial charge on any atom is -0.491 e. The summed E-state index contributed by atoms with van der Waals surface area (Å²) in [5, 5.41) is 31.3. The molecule has 21 heteroatoms. The number of Topliss-reactive ketones (excluding diaryl/α,β-unsaturated/α-hetero) is 1. The fraction of sp³-hybridized carbons (Fsp3) is 0.556. The van der Waals surface area contributed by atoms with Gasteiger partial charge in [-0.3, -0.25) is 4.79 Å². The van der Waals surface area contributed by atoms with Gasteiger partial charge >= 0.3 is 24.1 Å². The number of carboxylic acids is 2. The summed E-state index contributed by atoms with van der Waals surface area (Å²) in [5.74, 6) is -2.63. The number of methoxy groups -OCH3 is 1. The highest BCUT2D eigenvalue weighted by Crippen LogP contribution is 2.19. The number of amides is 2. The van der Waals surface area contributed by atoms with Gasteiger partial charge in [0.05, 0.1) is 39.5 Å². The molecule has 1 aromatic heterocycles. The Labute approximate surface area is 334 Å². The minimum absolute atomic E-state index is 0.0331. The van der Waals surface area contributed by atoms with Crippen molar-refractivity contribution in [3.05, 3.63) is 40.7 Å². The van der Waals surface area contributed by atoms with E-state index in [1.165, 1.54) is 7.11 Å². The van der Waals surface area contributed by atoms with E-state index in [2.05, 4.69) is 20.6 Å². The van der Waals surface area contributed by atoms with Gasteiger partial charge < -0.3 is 66.1 Å². The third kappa shape index (κ3) is 20.4. The summed E-state index contributed by atoms with van der Waals surface area (Å²) in [6.45, 7) is 0.991. The van der Waals surface area contributed by atoms with Gasteiger partial charge in [-0.25, -0.2) is 29.1 Å². The summed E-state index contributed by atoms with van der Waals surface area (Å²) in [4.78, 5) is 67.3. The number of aliphatic carboxylic acids is 2. The number of carboxylic acid groups (broad SMARTS) is 2. The Hall–Kier alpha value is -5.31. The van der Waals surface area contributed by atoms with Crippen LogP contribution in [0.25, 0.3) is 0 Å². The summed E-state index contributed by atoms with van der Waals surface area (Å²) in [6.07, 6.45) is 1.55. The Morgan fingerprint density at radius 3 is 1.88 bits per heavy atom. The maximum Gasteiger partial charge on any atom is 0.407 e. The number of ketones is 1. The molecule has 0 fully saturated rings. The summed E-state index contributed by atoms with van der Waals surface area (Å²) >= 11 is 5.83. The average molecular weight is 826 g/mol. The molecule has 0 aliphatic rings. The van der Waals surface area contributed by atoms with Crippen LogP contribution in [-0.4, -0.2) is 128 Å². The van der Waals surface area contributed by atoms with Crippen LogP contribution < -0.4 is 26.8 Å². The zero-order valence-corrected chi connectivity index (χ0v) is 32.6. The summed E-state index contributed by atoms with van der Waals surface area (Å²) < 4.78 is 30.9. The van der Waals surface area contributed by atoms with Crippen molar-refractivity contribution in [2.45, 2.75) is 69.9 Å². The van der Waals surface area contributed by atoms with Crippen LogP contribution in [0.15, 0.2) is 24.3 Å². The van der Waals surface area contributed by atoms with Crippen molar-refractivity contribution in [3.63, 3.8) is 0 Å². The molecule has 0 spiro atoms. The van der Waals surface area contributed by atoms with Gasteiger partial charge in [0.2, 0.25) is 0 Å². The highest BCUT2D eigenvalue weighted by molar-refractivity contribution is 6.31. The predicted molar refractivity (Wildman–Crippen MR) is 206 cm³/mol. The second-order valence-corrected chi connectivity index (χ2v) is 12.7. The molecule has 2 rings (SSSR count). The average Bonchev–Trinajstić information content (AvgIpc) is 3.16. The Bertz CT molecular complexity index is 1600. The number of carbonyl (C=O) groups excluding carboxylic acids is 3. The number of nitrogens with zero attached hydrogens (tertiary/aromatic N) is 2. The first kappa shape index (κ1) is 47.8. The zero-order chi connectivity index (χ0) is 42.0. The highest BCUT2D eigenvalue weighted by Gasteiger charge is 2.24. The fourth-order valence-corrected chi connectivity index (χ4v) is 5.10. The van der Waals surface area contributed by atoms with Gasteiger partial charge in [0.25, 0.3) is 0 Å². The topological polar surface area (TPSA) is 307 Å². The van der Waals surface area contributed by atoms with Gasteiger partial charge in [-0.15, -0.1) is 0 Å². The smallest absolute Gasteiger partial charge is 0.407 e. The molecule has 0 bridgehead atoms. The number of anilines is 2. The molecule has 0 saturated heterocycles. The van der Waals surface area contributed by atoms with E-state index in [9.17, 15) is 34.2 Å². The van der Waals surface area contributed by atoms with E-state index in [4.69, 9.17) is 56.9 Å². The first-order valence-electron chi connectivity index (χ1n) is 18.2. The Balaban J connectivity index is 1.54. The first-order valence-corrected chi connectivity index (χ1v) is 18.5. The fourth-order valence-electron chi connectivity index (χ4n) is 4.97. The number of nitrogens with two attached hydrogens (primary N) is 2. The van der Waals surface area contributed by atoms with Crippen molar-refractivity contribution >= 4 is 58.9 Å². The van der Waals surface area contributed by atoms with Crippen LogP contribution in [0.5, 0.6) is 5.75 Å². The number of hydrogen-bond acceptors (Lipinski definition) is 16. The third-order valence-electron chi connectivity index (χ3n) is 7.93. The second-order valence-electron chi connectivity index (χ2n) is 12.4. The minimum atomic E-state index is -1.35. The van der Waals surface area contributed by atoms with Gasteiger partial charge in [-0.1, -0.05) is 30.2 Å². The molecule has 1 aromatic carbocycles. The van der Waals surface area contributed by atoms with Gasteiger partial charge in [0.1, 0.15) is 37.7 Å². The van der Waals surface area contributed by atoms with Crippen molar-refractivity contribution in [1.82, 2.24) is 20.6 Å². The van der Waals surface area contributed by atoms with Crippen LogP contribution in [-0.2, 0) is 39.7 Å². The molecule has 9 N–H and O–H groups in total. The number of aromatic nitrogens is 2. The van der Waals surface area contributed by atoms with E-state index in [0.717, 1.165) is 31.2 Å². The maximum atomic E-state index is 12.4. The second kappa shape index (κ2) is 27.3. The Morgan fingerprint density at radius 1 is 0.754 bits per heavy atom. The standard InChI is InChI=1S/C36H52ClN7O13/c1-52-14-15-53-17-20-56-35(50)41-26(33(46)47)8-5-9-27(34(48)49)42-36(51)57-21-18-54-16-19-55-25-12-10-23(11-13-25)6-3-2-4-7-24(38)22-28(45)29-31(39)44-32(40)30(37)43-29/h10-13,26-27,38H,2-9,14-22H2,1H3,(H,41,50)(H,42,51)(H,46,47)(H,48,49)(H4,39,40,44). The molecule has 0 aliphatic carbocycles. The number of unbranched alkanes of at least 4 members (excludes halogenated alkanes) is 2. The number of aryl methyl sites for hydroxylation is 1. The Kier molecular flexibility index (Phi) is 22.9. The number of alkyl carbamates (subject to hydrolysis) is 2. The molecule has 2 unspecified atom stereocenters. The summed E-state index contributed by atoms with van der Waals surface area (Å²) in [6, 6.07) is 4.92. The number of hydrogen-bond donors (Lipinski definition) is 7. The van der Waals surface area contributed by atoms with Crippen molar-refractivity contribution in [2.24, 2.45) is 0 Å². The van der Waals surface area contributed by atoms with E-state index < -0.39 is 42.0 Å². The maximum absolute atomic E-state index is 12.4. The molecule has 1 heterocycles. The van der Waals surface area contributed by atoms with E-state index in [-0.39, 0.29) is 93.5 Å². The summed E-state index contributed by atoms with van der Waals surface area (Å²) in [5.41, 5.74) is 12.6. The van der Waals surface area contributed by atoms with E-state index >= 15 is 0 Å². The Morgan fingerprint density at radius 2 is 1.32 bits per heavy atom. The zero-order valence-electron chi connectivity index (χ0n) is 31.8. The molecule has 2 aromatic rings. The van der Waals surface area contributed by atoms with Crippen molar-refractivity contribution in [1.29, 1.82) is 5.41 Å². The van der Waals surface area contributed by atoms with Crippen LogP contribution >= 0.6 is 11.6 Å². The monoisotopic (exact) mass is 825 g/mol. The quantitative estimate of drug-likeness (QED) is 0.0338. The third-order valence-corrected chi connectivity index (χ3v) is 8.20. The predicted octanol–water partition coefficient (Wildman–Crippen LogP) is 3.28. The molecule has 2 atom stereocenters. The van der Waals surface area contributed by atoms with E-state index in [1.807, 2.05) is 24.3 Å². The SMILES string of the molecule is COCCOCCOC(=O)NC(CCCC(NC(=O)OCCOCCOc1ccc(CCCCCC(=N)CC(=O)c2nc(Cl)c(N)nc2N)cc1)C(=O)O)C(=O)O. The van der Waals surface area contributed by atoms with Crippen LogP contribution in [0.2, 0.25) is 5.15 Å². The normalized spacial score (nSPS) is 11.9. The lowest BCUT2D eigenvalue weighted by Gasteiger charge is -2.17. The van der Waals surface area contributed by atoms with Crippen molar-refractivity contribution in [2.75, 3.05) is 71.4 Å². The molecule has 0 radical (unpaired) electrons. The van der Waals surface area contributed by atoms with Gasteiger partial charge in [-0.05, 0) is 62.6 Å². The molecular weight excluding hydrogens is 774 g/mol. The molecule has 2 amide bonds. The number of nitrogens with one attached hydrogen (secondary N) is 3. The van der Waals surface area contributed by atoms with Crippen molar-refractivity contribution in [3.8, 4) is 5.75 Å². The number of nitrogen functional groups attached to an aromatic ring is 2. The van der Waals surface area contributed by atoms with Crippen LogP contribution in [0.4, 0.5) is 21.2 Å².